The van der Waals surface area contributed by atoms with Crippen LogP contribution in [0.2, 0.25) is 0 Å². The van der Waals surface area contributed by atoms with Crippen LogP contribution >= 0.6 is 11.5 Å². The van der Waals surface area contributed by atoms with Crippen LogP contribution in [0.1, 0.15) is 25.5 Å². The highest BCUT2D eigenvalue weighted by Gasteiger charge is 2.37. The first-order chi connectivity index (χ1) is 7.83. The van der Waals surface area contributed by atoms with Crippen molar-refractivity contribution in [2.45, 2.75) is 38.4 Å². The fourth-order valence-electron chi connectivity index (χ4n) is 2.50. The maximum Gasteiger partial charge on any atom is 0.0893 e. The van der Waals surface area contributed by atoms with E-state index in [-0.39, 0.29) is 0 Å². The van der Waals surface area contributed by atoms with Gasteiger partial charge in [0, 0.05) is 37.1 Å². The molecule has 2 fully saturated rings. The molecular formula is C11H18N4S. The molecule has 1 N–H and O–H groups in total. The van der Waals surface area contributed by atoms with E-state index in [2.05, 4.69) is 26.7 Å². The number of nitrogens with zero attached hydrogens (tertiary/aromatic N) is 3. The van der Waals surface area contributed by atoms with Crippen LogP contribution in [0.4, 0.5) is 0 Å². The molecule has 1 aliphatic heterocycles. The van der Waals surface area contributed by atoms with Crippen LogP contribution in [0, 0.1) is 5.92 Å². The number of hydrogen-bond donors (Lipinski definition) is 1. The summed E-state index contributed by atoms with van der Waals surface area (Å²) >= 11 is 1.43. The minimum Gasteiger partial charge on any atom is -0.307 e. The van der Waals surface area contributed by atoms with E-state index < -0.39 is 0 Å². The molecule has 1 aromatic rings. The number of likely N-dealkylation sites (tertiary alicyclic amines) is 1. The maximum atomic E-state index is 4.06. The first-order valence-corrected chi connectivity index (χ1v) is 6.90. The summed E-state index contributed by atoms with van der Waals surface area (Å²) in [6, 6.07) is 1.53. The van der Waals surface area contributed by atoms with Crippen LogP contribution in [0.15, 0.2) is 5.38 Å². The fourth-order valence-corrected chi connectivity index (χ4v) is 2.96. The molecule has 0 bridgehead atoms. The van der Waals surface area contributed by atoms with Crippen molar-refractivity contribution in [3.63, 3.8) is 0 Å². The summed E-state index contributed by atoms with van der Waals surface area (Å²) in [6.45, 7) is 5.68. The van der Waals surface area contributed by atoms with Gasteiger partial charge in [0.25, 0.3) is 0 Å². The van der Waals surface area contributed by atoms with Crippen molar-refractivity contribution in [2.75, 3.05) is 13.1 Å². The predicted molar refractivity (Wildman–Crippen MR) is 64.3 cm³/mol. The van der Waals surface area contributed by atoms with Gasteiger partial charge in [-0.05, 0) is 30.3 Å². The third kappa shape index (κ3) is 2.26. The molecule has 3 rings (SSSR count). The molecule has 0 aromatic carbocycles. The molecule has 1 aliphatic carbocycles. The van der Waals surface area contributed by atoms with Crippen molar-refractivity contribution in [3.05, 3.63) is 11.1 Å². The summed E-state index contributed by atoms with van der Waals surface area (Å²) in [4.78, 5) is 2.64. The smallest absolute Gasteiger partial charge is 0.0893 e. The molecule has 0 radical (unpaired) electrons. The van der Waals surface area contributed by atoms with Crippen molar-refractivity contribution in [3.8, 4) is 0 Å². The largest absolute Gasteiger partial charge is 0.307 e. The lowest BCUT2D eigenvalue weighted by molar-refractivity contribution is 0.313. The molecule has 5 heteroatoms. The molecule has 2 aliphatic rings. The van der Waals surface area contributed by atoms with Crippen LogP contribution in [-0.2, 0) is 6.54 Å². The Balaban J connectivity index is 1.51. The summed E-state index contributed by atoms with van der Waals surface area (Å²) in [5.74, 6) is 0.757. The average Bonchev–Trinajstić information content (AvgIpc) is 2.86. The minimum atomic E-state index is 0.627. The van der Waals surface area contributed by atoms with E-state index in [1.165, 1.54) is 37.5 Å². The fraction of sp³-hybridized carbons (Fsp3) is 0.818. The van der Waals surface area contributed by atoms with Crippen LogP contribution in [-0.4, -0.2) is 39.7 Å². The molecule has 1 saturated carbocycles. The van der Waals surface area contributed by atoms with Crippen molar-refractivity contribution in [2.24, 2.45) is 5.92 Å². The predicted octanol–water partition coefficient (Wildman–Crippen LogP) is 1.11. The van der Waals surface area contributed by atoms with Gasteiger partial charge in [-0.25, -0.2) is 0 Å². The van der Waals surface area contributed by atoms with Gasteiger partial charge in [0.2, 0.25) is 0 Å². The molecule has 1 aromatic heterocycles. The Morgan fingerprint density at radius 3 is 3.06 bits per heavy atom. The van der Waals surface area contributed by atoms with Gasteiger partial charge in [-0.2, -0.15) is 0 Å². The van der Waals surface area contributed by atoms with Crippen LogP contribution in [0.5, 0.6) is 0 Å². The quantitative estimate of drug-likeness (QED) is 0.853. The van der Waals surface area contributed by atoms with Crippen molar-refractivity contribution in [1.29, 1.82) is 0 Å². The zero-order valence-electron chi connectivity index (χ0n) is 9.59. The first kappa shape index (κ1) is 10.6. The first-order valence-electron chi connectivity index (χ1n) is 6.06. The van der Waals surface area contributed by atoms with Crippen LogP contribution < -0.4 is 5.32 Å². The lowest BCUT2D eigenvalue weighted by Gasteiger charge is -2.16. The molecule has 16 heavy (non-hydrogen) atoms. The molecule has 1 saturated heterocycles. The minimum absolute atomic E-state index is 0.627. The van der Waals surface area contributed by atoms with E-state index in [0.717, 1.165) is 24.2 Å². The van der Waals surface area contributed by atoms with E-state index in [1.54, 1.807) is 0 Å². The van der Waals surface area contributed by atoms with E-state index >= 15 is 0 Å². The third-order valence-electron chi connectivity index (χ3n) is 3.65. The van der Waals surface area contributed by atoms with Gasteiger partial charge in [-0.15, -0.1) is 5.10 Å². The molecule has 0 spiro atoms. The number of aromatic nitrogens is 2. The number of nitrogens with one attached hydrogen (secondary N) is 1. The van der Waals surface area contributed by atoms with Gasteiger partial charge in [0.1, 0.15) is 0 Å². The van der Waals surface area contributed by atoms with Gasteiger partial charge >= 0.3 is 0 Å². The highest BCUT2D eigenvalue weighted by molar-refractivity contribution is 7.03. The zero-order valence-corrected chi connectivity index (χ0v) is 10.4. The summed E-state index contributed by atoms with van der Waals surface area (Å²) in [5, 5.41) is 9.69. The highest BCUT2D eigenvalue weighted by atomic mass is 32.1. The SMILES string of the molecule is CC1CN(C2CC2)CC1NCc1csnn1. The molecule has 0 amide bonds. The lowest BCUT2D eigenvalue weighted by atomic mass is 10.1. The maximum absolute atomic E-state index is 4.06. The van der Waals surface area contributed by atoms with E-state index in [4.69, 9.17) is 0 Å². The number of rotatable bonds is 4. The van der Waals surface area contributed by atoms with E-state index in [1.807, 2.05) is 5.38 Å². The van der Waals surface area contributed by atoms with Crippen molar-refractivity contribution >= 4 is 11.5 Å². The molecule has 2 heterocycles. The summed E-state index contributed by atoms with van der Waals surface area (Å²) in [6.07, 6.45) is 2.82. The second-order valence-corrected chi connectivity index (χ2v) is 5.66. The van der Waals surface area contributed by atoms with Crippen molar-refractivity contribution in [1.82, 2.24) is 19.8 Å². The Morgan fingerprint density at radius 1 is 1.50 bits per heavy atom. The molecule has 2 unspecified atom stereocenters. The standard InChI is InChI=1S/C11H18N4S/c1-8-5-15(10-2-3-10)6-11(8)12-4-9-7-16-14-13-9/h7-8,10-12H,2-6H2,1H3. The van der Waals surface area contributed by atoms with Gasteiger partial charge in [-0.3, -0.25) is 4.90 Å². The van der Waals surface area contributed by atoms with E-state index in [9.17, 15) is 0 Å². The van der Waals surface area contributed by atoms with Crippen LogP contribution in [0.3, 0.4) is 0 Å². The van der Waals surface area contributed by atoms with Gasteiger partial charge in [-0.1, -0.05) is 11.4 Å². The van der Waals surface area contributed by atoms with Gasteiger partial charge in [0.05, 0.1) is 5.69 Å². The average molecular weight is 238 g/mol. The van der Waals surface area contributed by atoms with Crippen LogP contribution in [0.25, 0.3) is 0 Å². The molecule has 88 valence electrons. The summed E-state index contributed by atoms with van der Waals surface area (Å²) in [5.41, 5.74) is 1.07. The summed E-state index contributed by atoms with van der Waals surface area (Å²) < 4.78 is 3.88. The second-order valence-electron chi connectivity index (χ2n) is 5.05. The lowest BCUT2D eigenvalue weighted by Crippen LogP contribution is -2.35. The second kappa shape index (κ2) is 4.39. The molecule has 4 nitrogen and oxygen atoms in total. The highest BCUT2D eigenvalue weighted by Crippen LogP contribution is 2.31. The monoisotopic (exact) mass is 238 g/mol. The Labute approximate surface area is 100 Å². The van der Waals surface area contributed by atoms with Gasteiger partial charge < -0.3 is 5.32 Å². The Morgan fingerprint density at radius 2 is 2.38 bits per heavy atom. The van der Waals surface area contributed by atoms with Gasteiger partial charge in [0.15, 0.2) is 0 Å². The topological polar surface area (TPSA) is 41.0 Å². The molecule has 2 atom stereocenters. The van der Waals surface area contributed by atoms with Crippen molar-refractivity contribution < 1.29 is 0 Å². The Kier molecular flexibility index (Phi) is 2.91. The third-order valence-corrected chi connectivity index (χ3v) is 4.21. The Hall–Kier alpha value is -0.520. The normalized spacial score (nSPS) is 31.1. The number of hydrogen-bond acceptors (Lipinski definition) is 5. The summed E-state index contributed by atoms with van der Waals surface area (Å²) in [7, 11) is 0. The Bertz CT molecular complexity index is 336. The molecular weight excluding hydrogens is 220 g/mol. The zero-order chi connectivity index (χ0) is 11.0. The van der Waals surface area contributed by atoms with E-state index in [0.29, 0.717) is 6.04 Å².